The molecule has 1 nitrogen and oxygen atoms in total. The van der Waals surface area contributed by atoms with E-state index in [1.807, 2.05) is 6.92 Å². The van der Waals surface area contributed by atoms with Crippen LogP contribution in [0.5, 0.6) is 0 Å². The fraction of sp³-hybridized carbons (Fsp3) is 0.667. The second-order valence-corrected chi connectivity index (χ2v) is 9.33. The Labute approximate surface area is 114 Å². The number of rotatable bonds is 4. The van der Waals surface area contributed by atoms with E-state index in [-0.39, 0.29) is 6.97 Å². The van der Waals surface area contributed by atoms with Crippen molar-refractivity contribution < 1.29 is 4.74 Å². The molecule has 0 fully saturated rings. The van der Waals surface area contributed by atoms with E-state index in [1.54, 1.807) is 6.26 Å². The molecule has 0 saturated carbocycles. The van der Waals surface area contributed by atoms with Gasteiger partial charge in [0.05, 0.1) is 21.1 Å². The average molecular weight is 495 g/mol. The van der Waals surface area contributed by atoms with Crippen LogP contribution >= 0.6 is 79.6 Å². The van der Waals surface area contributed by atoms with E-state index >= 15 is 0 Å². The van der Waals surface area contributed by atoms with Crippen molar-refractivity contribution in [2.75, 3.05) is 6.61 Å². The molecule has 0 rings (SSSR count). The highest BCUT2D eigenvalue weighted by molar-refractivity contribution is 9.30. The molecule has 0 aliphatic carbocycles. The molecule has 0 aromatic carbocycles. The summed E-state index contributed by atoms with van der Waals surface area (Å²) in [5, 5.41) is 0. The van der Waals surface area contributed by atoms with E-state index in [1.165, 1.54) is 0 Å². The maximum absolute atomic E-state index is 5.12. The van der Waals surface area contributed by atoms with Gasteiger partial charge in [0.2, 0.25) is 0 Å². The molecule has 0 bridgehead atoms. The second-order valence-electron chi connectivity index (χ2n) is 1.84. The highest BCUT2D eigenvalue weighted by Gasteiger charge is 2.33. The van der Waals surface area contributed by atoms with Crippen LogP contribution < -0.4 is 0 Å². The molecule has 0 heterocycles. The molecule has 72 valence electrons. The zero-order chi connectivity index (χ0) is 9.78. The minimum Gasteiger partial charge on any atom is -0.501 e. The molecule has 0 unspecified atom stereocenters. The Morgan fingerprint density at radius 2 is 2.00 bits per heavy atom. The summed E-state index contributed by atoms with van der Waals surface area (Å²) in [7, 11) is 0. The van der Waals surface area contributed by atoms with E-state index in [2.05, 4.69) is 79.6 Å². The highest BCUT2D eigenvalue weighted by atomic mass is 79.9. The number of hydrogen-bond acceptors (Lipinski definition) is 1. The molecule has 0 N–H and O–H groups in total. The fourth-order valence-corrected chi connectivity index (χ4v) is 1.99. The van der Waals surface area contributed by atoms with Crippen LogP contribution in [0.15, 0.2) is 10.7 Å². The molecule has 0 aromatic rings. The quantitative estimate of drug-likeness (QED) is 0.401. The van der Waals surface area contributed by atoms with Gasteiger partial charge in [-0.3, -0.25) is 0 Å². The Hall–Kier alpha value is 1.94. The monoisotopic (exact) mass is 490 g/mol. The van der Waals surface area contributed by atoms with E-state index in [4.69, 9.17) is 4.74 Å². The lowest BCUT2D eigenvalue weighted by Crippen LogP contribution is -2.19. The second kappa shape index (κ2) is 6.43. The van der Waals surface area contributed by atoms with E-state index in [9.17, 15) is 0 Å². The first-order valence-corrected chi connectivity index (χ1v) is 7.27. The third kappa shape index (κ3) is 4.44. The van der Waals surface area contributed by atoms with Crippen LogP contribution in [0.3, 0.4) is 0 Å². The van der Waals surface area contributed by atoms with Gasteiger partial charge in [-0.15, -0.1) is 0 Å². The predicted molar refractivity (Wildman–Crippen MR) is 70.9 cm³/mol. The Morgan fingerprint density at radius 3 is 2.33 bits per heavy atom. The van der Waals surface area contributed by atoms with E-state index < -0.39 is 0 Å². The molecular weight excluding hydrogens is 488 g/mol. The predicted octanol–water partition coefficient (Wildman–Crippen LogP) is 4.86. The Kier molecular flexibility index (Phi) is 7.47. The molecule has 0 atom stereocenters. The first-order valence-electron chi connectivity index (χ1n) is 3.06. The van der Waals surface area contributed by atoms with Gasteiger partial charge in [-0.05, 0) is 22.9 Å². The van der Waals surface area contributed by atoms with Crippen LogP contribution in [0.2, 0.25) is 0 Å². The zero-order valence-electron chi connectivity index (χ0n) is 6.16. The highest BCUT2D eigenvalue weighted by Crippen LogP contribution is 2.46. The molecule has 0 radical (unpaired) electrons. The van der Waals surface area contributed by atoms with Gasteiger partial charge in [0.25, 0.3) is 0 Å². The average Bonchev–Trinajstić information content (AvgIpc) is 1.99. The Morgan fingerprint density at radius 1 is 1.50 bits per heavy atom. The molecule has 0 amide bonds. The van der Waals surface area contributed by atoms with Gasteiger partial charge < -0.3 is 4.74 Å². The van der Waals surface area contributed by atoms with Crippen molar-refractivity contribution >= 4 is 79.6 Å². The molecule has 6 heteroatoms. The van der Waals surface area contributed by atoms with Crippen molar-refractivity contribution in [3.63, 3.8) is 0 Å². The summed E-state index contributed by atoms with van der Waals surface area (Å²) in [4.78, 5) is 0. The number of ether oxygens (including phenoxy) is 1. The van der Waals surface area contributed by atoms with Gasteiger partial charge in [0, 0.05) is 0 Å². The van der Waals surface area contributed by atoms with Crippen LogP contribution in [-0.2, 0) is 4.74 Å². The largest absolute Gasteiger partial charge is 0.501 e. The summed E-state index contributed by atoms with van der Waals surface area (Å²) >= 11 is 17.1. The summed E-state index contributed by atoms with van der Waals surface area (Å²) in [5.74, 6) is 0. The van der Waals surface area contributed by atoms with Gasteiger partial charge >= 0.3 is 0 Å². The minimum atomic E-state index is -0.380. The van der Waals surface area contributed by atoms with Gasteiger partial charge in [0.15, 0.2) is 0 Å². The maximum Gasteiger partial charge on any atom is 0.137 e. The van der Waals surface area contributed by atoms with Gasteiger partial charge in [0.1, 0.15) is 3.23 Å². The third-order valence-corrected chi connectivity index (χ3v) is 8.42. The maximum atomic E-state index is 5.12. The summed E-state index contributed by atoms with van der Waals surface area (Å²) in [6, 6.07) is 0. The number of alkyl halides is 4. The van der Waals surface area contributed by atoms with Crippen LogP contribution in [0.25, 0.3) is 0 Å². The van der Waals surface area contributed by atoms with Crippen molar-refractivity contribution in [2.45, 2.75) is 13.9 Å². The molecule has 12 heavy (non-hydrogen) atoms. The third-order valence-electron chi connectivity index (χ3n) is 0.946. The minimum absolute atomic E-state index is 0.0589. The topological polar surface area (TPSA) is 9.23 Å². The molecule has 0 aromatic heterocycles. The molecular formula is C6H7Br5O. The Balaban J connectivity index is 4.33. The first-order chi connectivity index (χ1) is 5.42. The normalized spacial score (nSPS) is 13.8. The van der Waals surface area contributed by atoms with Crippen molar-refractivity contribution in [3.8, 4) is 0 Å². The lowest BCUT2D eigenvalue weighted by molar-refractivity contribution is 0.267. The van der Waals surface area contributed by atoms with Crippen molar-refractivity contribution in [3.05, 3.63) is 10.7 Å². The smallest absolute Gasteiger partial charge is 0.137 e. The fourth-order valence-electron chi connectivity index (χ4n) is 0.339. The number of halogens is 5. The summed E-state index contributed by atoms with van der Waals surface area (Å²) in [6.45, 7) is 2.58. The van der Waals surface area contributed by atoms with Crippen molar-refractivity contribution in [2.24, 2.45) is 0 Å². The number of hydrogen-bond donors (Lipinski definition) is 0. The van der Waals surface area contributed by atoms with Crippen molar-refractivity contribution in [1.82, 2.24) is 0 Å². The summed E-state index contributed by atoms with van der Waals surface area (Å²) in [6.07, 6.45) is 1.65. The van der Waals surface area contributed by atoms with E-state index in [0.717, 1.165) is 4.48 Å². The van der Waals surface area contributed by atoms with Gasteiger partial charge in [-0.2, -0.15) is 0 Å². The van der Waals surface area contributed by atoms with Crippen LogP contribution in [0.4, 0.5) is 0 Å². The molecule has 0 spiro atoms. The van der Waals surface area contributed by atoms with Gasteiger partial charge in [-0.25, -0.2) is 0 Å². The zero-order valence-corrected chi connectivity index (χ0v) is 14.1. The number of allylic oxidation sites excluding steroid dienone is 1. The first kappa shape index (κ1) is 13.9. The standard InChI is InChI=1S/C6H7Br5O/c1-2-12-3-4(7)6(10,11)5(8)9/h3,5H,2H2,1H3/b4-3-. The molecule has 0 aliphatic heterocycles. The SMILES string of the molecule is CCO/C=C(\Br)C(Br)(Br)C(Br)Br. The van der Waals surface area contributed by atoms with Crippen LogP contribution in [0, 0.1) is 0 Å². The summed E-state index contributed by atoms with van der Waals surface area (Å²) in [5.41, 5.74) is 0. The Bertz CT molecular complexity index is 165. The van der Waals surface area contributed by atoms with E-state index in [0.29, 0.717) is 6.61 Å². The lowest BCUT2D eigenvalue weighted by Gasteiger charge is -2.21. The molecule has 0 aliphatic rings. The van der Waals surface area contributed by atoms with Gasteiger partial charge in [-0.1, -0.05) is 63.7 Å². The van der Waals surface area contributed by atoms with Crippen molar-refractivity contribution in [1.29, 1.82) is 0 Å². The lowest BCUT2D eigenvalue weighted by atomic mass is 10.5. The van der Waals surface area contributed by atoms with Crippen LogP contribution in [-0.4, -0.2) is 13.6 Å². The molecule has 0 saturated heterocycles. The summed E-state index contributed by atoms with van der Waals surface area (Å²) < 4.78 is 5.67. The van der Waals surface area contributed by atoms with Crippen LogP contribution in [0.1, 0.15) is 6.92 Å².